The van der Waals surface area contributed by atoms with Crippen LogP contribution in [0, 0.1) is 11.8 Å². The molecule has 1 aliphatic rings. The molecule has 1 aromatic carbocycles. The van der Waals surface area contributed by atoms with E-state index in [4.69, 9.17) is 0 Å². The van der Waals surface area contributed by atoms with Crippen molar-refractivity contribution in [2.24, 2.45) is 11.8 Å². The fourth-order valence-corrected chi connectivity index (χ4v) is 6.45. The van der Waals surface area contributed by atoms with Gasteiger partial charge in [-0.3, -0.25) is 0 Å². The van der Waals surface area contributed by atoms with Gasteiger partial charge >= 0.3 is 0 Å². The molecule has 0 bridgehead atoms. The molecular weight excluding hydrogens is 386 g/mol. The van der Waals surface area contributed by atoms with Crippen LogP contribution in [0.5, 0.6) is 0 Å². The van der Waals surface area contributed by atoms with E-state index in [-0.39, 0.29) is 18.3 Å². The molecule has 1 heterocycles. The average Bonchev–Trinajstić information content (AvgIpc) is 2.51. The number of nitrogens with one attached hydrogen (secondary N) is 2. The van der Waals surface area contributed by atoms with Gasteiger partial charge in [-0.15, -0.1) is 0 Å². The minimum atomic E-state index is -3.61. The van der Waals surface area contributed by atoms with E-state index < -0.39 is 20.2 Å². The van der Waals surface area contributed by atoms with Gasteiger partial charge in [0.15, 0.2) is 0 Å². The fraction of sp³-hybridized carbons (Fsp3) is 0.667. The molecule has 2 atom stereocenters. The Balaban J connectivity index is 2.10. The van der Waals surface area contributed by atoms with Crippen LogP contribution in [0.4, 0.5) is 0 Å². The highest BCUT2D eigenvalue weighted by Gasteiger charge is 2.30. The van der Waals surface area contributed by atoms with E-state index in [1.807, 2.05) is 0 Å². The van der Waals surface area contributed by atoms with Gasteiger partial charge in [-0.25, -0.2) is 13.1 Å². The van der Waals surface area contributed by atoms with Crippen molar-refractivity contribution in [3.05, 3.63) is 35.4 Å². The SMILES string of the molecule is CC1CC(C)CN(S(=O)(=O)NCc2ccccc2CS(=O)(=O)NC(C)C)C1. The Hall–Kier alpha value is -1.00. The maximum absolute atomic E-state index is 12.7. The zero-order chi connectivity index (χ0) is 20.2. The summed E-state index contributed by atoms with van der Waals surface area (Å²) < 4.78 is 56.5. The van der Waals surface area contributed by atoms with Crippen LogP contribution >= 0.6 is 0 Å². The smallest absolute Gasteiger partial charge is 0.212 e. The minimum absolute atomic E-state index is 0.0645. The predicted octanol–water partition coefficient (Wildman–Crippen LogP) is 1.83. The van der Waals surface area contributed by atoms with Gasteiger partial charge in [0.25, 0.3) is 10.2 Å². The van der Waals surface area contributed by atoms with Gasteiger partial charge in [-0.2, -0.15) is 17.4 Å². The lowest BCUT2D eigenvalue weighted by Crippen LogP contribution is -2.47. The van der Waals surface area contributed by atoms with E-state index in [0.29, 0.717) is 36.1 Å². The first-order valence-corrected chi connectivity index (χ1v) is 12.4. The van der Waals surface area contributed by atoms with E-state index in [9.17, 15) is 16.8 Å². The quantitative estimate of drug-likeness (QED) is 0.674. The number of hydrogen-bond acceptors (Lipinski definition) is 4. The van der Waals surface area contributed by atoms with Crippen molar-refractivity contribution in [1.82, 2.24) is 13.7 Å². The van der Waals surface area contributed by atoms with Gasteiger partial charge < -0.3 is 0 Å². The second-order valence-corrected chi connectivity index (χ2v) is 11.4. The molecule has 0 radical (unpaired) electrons. The molecule has 0 amide bonds. The standard InChI is InChI=1S/C18H31N3O4S2/c1-14(2)20-26(22,23)13-18-8-6-5-7-17(18)10-19-27(24,25)21-11-15(3)9-16(4)12-21/h5-8,14-16,19-20H,9-13H2,1-4H3. The van der Waals surface area contributed by atoms with Gasteiger partial charge in [0, 0.05) is 25.7 Å². The molecule has 27 heavy (non-hydrogen) atoms. The van der Waals surface area contributed by atoms with Crippen LogP contribution in [0.1, 0.15) is 45.2 Å². The van der Waals surface area contributed by atoms with Crippen LogP contribution in [0.25, 0.3) is 0 Å². The van der Waals surface area contributed by atoms with Crippen LogP contribution in [0.2, 0.25) is 0 Å². The molecule has 1 fully saturated rings. The summed E-state index contributed by atoms with van der Waals surface area (Å²) >= 11 is 0. The lowest BCUT2D eigenvalue weighted by Gasteiger charge is -2.34. The molecule has 0 aliphatic carbocycles. The summed E-state index contributed by atoms with van der Waals surface area (Å²) in [7, 11) is -7.09. The van der Waals surface area contributed by atoms with Crippen molar-refractivity contribution in [3.8, 4) is 0 Å². The summed E-state index contributed by atoms with van der Waals surface area (Å²) in [6.07, 6.45) is 1.02. The zero-order valence-corrected chi connectivity index (χ0v) is 18.1. The highest BCUT2D eigenvalue weighted by molar-refractivity contribution is 7.88. The molecule has 0 spiro atoms. The second-order valence-electron chi connectivity index (χ2n) is 7.89. The normalized spacial score (nSPS) is 22.3. The number of hydrogen-bond donors (Lipinski definition) is 2. The van der Waals surface area contributed by atoms with Gasteiger partial charge in [0.2, 0.25) is 10.0 Å². The summed E-state index contributed by atoms with van der Waals surface area (Å²) in [4.78, 5) is 0. The van der Waals surface area contributed by atoms with Crippen molar-refractivity contribution in [2.75, 3.05) is 13.1 Å². The lowest BCUT2D eigenvalue weighted by atomic mass is 9.94. The second kappa shape index (κ2) is 9.00. The Morgan fingerprint density at radius 3 is 2.15 bits per heavy atom. The maximum Gasteiger partial charge on any atom is 0.279 e. The molecule has 0 aromatic heterocycles. The predicted molar refractivity (Wildman–Crippen MR) is 108 cm³/mol. The minimum Gasteiger partial charge on any atom is -0.212 e. The number of rotatable bonds is 8. The van der Waals surface area contributed by atoms with E-state index >= 15 is 0 Å². The Morgan fingerprint density at radius 1 is 1.04 bits per heavy atom. The molecular formula is C18H31N3O4S2. The Morgan fingerprint density at radius 2 is 1.59 bits per heavy atom. The van der Waals surface area contributed by atoms with Crippen molar-refractivity contribution >= 4 is 20.2 Å². The fourth-order valence-electron chi connectivity index (χ4n) is 3.54. The van der Waals surface area contributed by atoms with Crippen LogP contribution in [-0.2, 0) is 32.5 Å². The third-order valence-corrected chi connectivity index (χ3v) is 7.51. The van der Waals surface area contributed by atoms with Gasteiger partial charge in [-0.05, 0) is 43.2 Å². The maximum atomic E-state index is 12.7. The Kier molecular flexibility index (Phi) is 7.43. The molecule has 1 aliphatic heterocycles. The molecule has 7 nitrogen and oxygen atoms in total. The Bertz CT molecular complexity index is 828. The third kappa shape index (κ3) is 6.83. The van der Waals surface area contributed by atoms with E-state index in [1.165, 1.54) is 4.31 Å². The molecule has 154 valence electrons. The van der Waals surface area contributed by atoms with Gasteiger partial charge in [0.1, 0.15) is 0 Å². The summed E-state index contributed by atoms with van der Waals surface area (Å²) in [6.45, 7) is 8.72. The van der Waals surface area contributed by atoms with E-state index in [0.717, 1.165) is 6.42 Å². The van der Waals surface area contributed by atoms with Crippen molar-refractivity contribution in [1.29, 1.82) is 0 Å². The van der Waals surface area contributed by atoms with Crippen LogP contribution in [-0.4, -0.2) is 40.3 Å². The Labute approximate surface area is 163 Å². The first-order chi connectivity index (χ1) is 12.5. The highest BCUT2D eigenvalue weighted by Crippen LogP contribution is 2.23. The molecule has 2 N–H and O–H groups in total. The van der Waals surface area contributed by atoms with Crippen molar-refractivity contribution in [2.45, 2.75) is 52.5 Å². The van der Waals surface area contributed by atoms with Crippen LogP contribution in [0.15, 0.2) is 24.3 Å². The first kappa shape index (κ1) is 22.3. The van der Waals surface area contributed by atoms with Gasteiger partial charge in [0.05, 0.1) is 5.75 Å². The van der Waals surface area contributed by atoms with E-state index in [2.05, 4.69) is 23.3 Å². The van der Waals surface area contributed by atoms with Crippen molar-refractivity contribution in [3.63, 3.8) is 0 Å². The van der Waals surface area contributed by atoms with Crippen molar-refractivity contribution < 1.29 is 16.8 Å². The topological polar surface area (TPSA) is 95.6 Å². The molecule has 0 saturated carbocycles. The highest BCUT2D eigenvalue weighted by atomic mass is 32.2. The van der Waals surface area contributed by atoms with Gasteiger partial charge in [-0.1, -0.05) is 38.1 Å². The lowest BCUT2D eigenvalue weighted by molar-refractivity contribution is 0.220. The molecule has 1 saturated heterocycles. The largest absolute Gasteiger partial charge is 0.279 e. The molecule has 9 heteroatoms. The zero-order valence-electron chi connectivity index (χ0n) is 16.5. The number of piperidine rings is 1. The number of nitrogens with zero attached hydrogens (tertiary/aromatic N) is 1. The number of benzene rings is 1. The summed E-state index contributed by atoms with van der Waals surface area (Å²) in [5, 5.41) is 0. The first-order valence-electron chi connectivity index (χ1n) is 9.30. The average molecular weight is 418 g/mol. The molecule has 1 aromatic rings. The summed E-state index contributed by atoms with van der Waals surface area (Å²) in [5.74, 6) is 0.468. The molecule has 2 rings (SSSR count). The van der Waals surface area contributed by atoms with Crippen LogP contribution in [0.3, 0.4) is 0 Å². The monoisotopic (exact) mass is 417 g/mol. The van der Waals surface area contributed by atoms with E-state index in [1.54, 1.807) is 38.1 Å². The summed E-state index contributed by atoms with van der Waals surface area (Å²) in [5.41, 5.74) is 1.25. The summed E-state index contributed by atoms with van der Waals surface area (Å²) in [6, 6.07) is 6.81. The number of sulfonamides is 1. The molecule has 2 unspecified atom stereocenters. The third-order valence-electron chi connectivity index (χ3n) is 4.50. The van der Waals surface area contributed by atoms with Crippen LogP contribution < -0.4 is 9.44 Å².